The summed E-state index contributed by atoms with van der Waals surface area (Å²) >= 11 is 0. The van der Waals surface area contributed by atoms with E-state index in [1.165, 1.54) is 17.0 Å². The second-order valence-corrected chi connectivity index (χ2v) is 8.10. The van der Waals surface area contributed by atoms with E-state index >= 15 is 0 Å². The van der Waals surface area contributed by atoms with Gasteiger partial charge in [0, 0.05) is 49.2 Å². The number of anilines is 2. The van der Waals surface area contributed by atoms with E-state index in [-0.39, 0.29) is 30.0 Å². The molecule has 7 nitrogen and oxygen atoms in total. The number of hydrogen-bond acceptors (Lipinski definition) is 6. The second kappa shape index (κ2) is 8.02. The van der Waals surface area contributed by atoms with Gasteiger partial charge in [-0.1, -0.05) is 0 Å². The highest BCUT2D eigenvalue weighted by atomic mass is 19.1. The third-order valence-corrected chi connectivity index (χ3v) is 6.15. The molecule has 2 aliphatic rings. The number of fused-ring (bicyclic) bond motifs is 6. The highest BCUT2D eigenvalue weighted by molar-refractivity contribution is 6.24. The first kappa shape index (κ1) is 20.8. The molecule has 4 rings (SSSR count). The number of nitrogens with two attached hydrogens (primary N) is 1. The number of halogens is 1. The summed E-state index contributed by atoms with van der Waals surface area (Å²) in [5, 5.41) is 11.9. The molecule has 1 fully saturated rings. The van der Waals surface area contributed by atoms with Crippen molar-refractivity contribution in [2.45, 2.75) is 25.8 Å². The van der Waals surface area contributed by atoms with Crippen molar-refractivity contribution in [2.75, 3.05) is 37.8 Å². The first-order chi connectivity index (χ1) is 14.8. The molecular weight excluding hydrogens is 395 g/mol. The van der Waals surface area contributed by atoms with Crippen molar-refractivity contribution in [3.05, 3.63) is 58.7 Å². The van der Waals surface area contributed by atoms with E-state index in [0.717, 1.165) is 36.3 Å². The van der Waals surface area contributed by atoms with Gasteiger partial charge < -0.3 is 26.3 Å². The SMILES string of the molecule is CN/C(C)=C1\C(=N)CN(C)C(=O)c2ccc(F)cc2[C@H]2CCCN2c2cc1cnc2N. The molecule has 0 saturated carbocycles. The van der Waals surface area contributed by atoms with Gasteiger partial charge in [-0.2, -0.15) is 0 Å². The summed E-state index contributed by atoms with van der Waals surface area (Å²) < 4.78 is 14.2. The van der Waals surface area contributed by atoms with Gasteiger partial charge >= 0.3 is 0 Å². The first-order valence-electron chi connectivity index (χ1n) is 10.4. The number of carbonyl (C=O) groups is 1. The minimum Gasteiger partial charge on any atom is -0.391 e. The number of benzene rings is 1. The molecule has 0 aliphatic carbocycles. The molecule has 2 aromatic rings. The van der Waals surface area contributed by atoms with Crippen molar-refractivity contribution in [3.8, 4) is 0 Å². The van der Waals surface area contributed by atoms with Crippen LogP contribution in [-0.2, 0) is 0 Å². The first-order valence-corrected chi connectivity index (χ1v) is 10.4. The predicted molar refractivity (Wildman–Crippen MR) is 121 cm³/mol. The molecule has 162 valence electrons. The van der Waals surface area contributed by atoms with Crippen LogP contribution in [0.3, 0.4) is 0 Å². The van der Waals surface area contributed by atoms with Gasteiger partial charge in [-0.3, -0.25) is 4.79 Å². The molecule has 1 amide bonds. The maximum atomic E-state index is 14.2. The lowest BCUT2D eigenvalue weighted by Gasteiger charge is -2.31. The Labute approximate surface area is 181 Å². The van der Waals surface area contributed by atoms with Crippen LogP contribution in [0.4, 0.5) is 15.9 Å². The van der Waals surface area contributed by atoms with Gasteiger partial charge in [0.25, 0.3) is 5.91 Å². The molecule has 0 radical (unpaired) electrons. The van der Waals surface area contributed by atoms with Gasteiger partial charge in [-0.25, -0.2) is 9.37 Å². The van der Waals surface area contributed by atoms with E-state index in [1.807, 2.05) is 13.0 Å². The number of amides is 1. The second-order valence-electron chi connectivity index (χ2n) is 8.10. The Hall–Kier alpha value is -3.42. The molecule has 1 aromatic heterocycles. The summed E-state index contributed by atoms with van der Waals surface area (Å²) in [5.74, 6) is -0.235. The molecule has 2 bridgehead atoms. The molecule has 8 heteroatoms. The van der Waals surface area contributed by atoms with Gasteiger partial charge in [-0.05, 0) is 49.6 Å². The lowest BCUT2D eigenvalue weighted by molar-refractivity contribution is 0.0813. The fourth-order valence-corrected chi connectivity index (χ4v) is 4.55. The number of hydrogen-bond donors (Lipinski definition) is 3. The molecule has 2 aliphatic heterocycles. The van der Waals surface area contributed by atoms with Crippen LogP contribution in [-0.4, -0.2) is 48.7 Å². The highest BCUT2D eigenvalue weighted by Gasteiger charge is 2.33. The van der Waals surface area contributed by atoms with Crippen LogP contribution in [0.5, 0.6) is 0 Å². The monoisotopic (exact) mass is 422 g/mol. The summed E-state index contributed by atoms with van der Waals surface area (Å²) in [6, 6.07) is 6.08. The molecule has 0 unspecified atom stereocenters. The zero-order valence-electron chi connectivity index (χ0n) is 18.0. The van der Waals surface area contributed by atoms with Crippen LogP contribution in [0.2, 0.25) is 0 Å². The standard InChI is InChI=1S/C23H27FN6O/c1-13(27-2)21-14-9-20(22(26)28-11-14)30-8-4-5-19(30)17-10-15(24)6-7-16(17)23(31)29(3)12-18(21)25/h6-7,9-11,19,25,27H,4-5,8,12H2,1-3H3,(H2,26,28)/b21-13-,25-18?/t19-/m1/s1. The van der Waals surface area contributed by atoms with Gasteiger partial charge in [0.05, 0.1) is 24.0 Å². The van der Waals surface area contributed by atoms with Crippen molar-refractivity contribution >= 4 is 28.7 Å². The van der Waals surface area contributed by atoms with Crippen molar-refractivity contribution in [1.82, 2.24) is 15.2 Å². The largest absolute Gasteiger partial charge is 0.391 e. The molecular formula is C23H27FN6O. The van der Waals surface area contributed by atoms with Crippen molar-refractivity contribution in [1.29, 1.82) is 5.41 Å². The topological polar surface area (TPSA) is 98.3 Å². The number of nitrogens with one attached hydrogen (secondary N) is 2. The van der Waals surface area contributed by atoms with E-state index < -0.39 is 0 Å². The number of aromatic nitrogens is 1. The number of nitrogens with zero attached hydrogens (tertiary/aromatic N) is 3. The lowest BCUT2D eigenvalue weighted by atomic mass is 9.95. The van der Waals surface area contributed by atoms with E-state index in [9.17, 15) is 9.18 Å². The van der Waals surface area contributed by atoms with Gasteiger partial charge in [-0.15, -0.1) is 0 Å². The van der Waals surface area contributed by atoms with E-state index in [2.05, 4.69) is 15.2 Å². The summed E-state index contributed by atoms with van der Waals surface area (Å²) in [4.78, 5) is 21.4. The molecule has 1 saturated heterocycles. The number of rotatable bonds is 1. The fourth-order valence-electron chi connectivity index (χ4n) is 4.55. The van der Waals surface area contributed by atoms with E-state index in [0.29, 0.717) is 22.5 Å². The maximum Gasteiger partial charge on any atom is 0.254 e. The van der Waals surface area contributed by atoms with Gasteiger partial charge in [0.1, 0.15) is 11.6 Å². The Morgan fingerprint density at radius 3 is 2.87 bits per heavy atom. The average Bonchev–Trinajstić information content (AvgIpc) is 3.23. The number of nitrogen functional groups attached to an aromatic ring is 1. The highest BCUT2D eigenvalue weighted by Crippen LogP contribution is 2.41. The zero-order valence-corrected chi connectivity index (χ0v) is 18.0. The van der Waals surface area contributed by atoms with E-state index in [4.69, 9.17) is 11.1 Å². The molecule has 1 aromatic carbocycles. The minimum absolute atomic E-state index is 0.109. The smallest absolute Gasteiger partial charge is 0.254 e. The van der Waals surface area contributed by atoms with Crippen molar-refractivity contribution in [2.24, 2.45) is 0 Å². The lowest BCUT2D eigenvalue weighted by Crippen LogP contribution is -2.35. The normalized spacial score (nSPS) is 20.6. The maximum absolute atomic E-state index is 14.2. The third-order valence-electron chi connectivity index (χ3n) is 6.15. The average molecular weight is 423 g/mol. The molecule has 4 N–H and O–H groups in total. The van der Waals surface area contributed by atoms with Gasteiger partial charge in [0.15, 0.2) is 0 Å². The Morgan fingerprint density at radius 2 is 2.13 bits per heavy atom. The molecule has 31 heavy (non-hydrogen) atoms. The van der Waals surface area contributed by atoms with Crippen LogP contribution in [0.25, 0.3) is 5.57 Å². The van der Waals surface area contributed by atoms with Crippen LogP contribution in [0, 0.1) is 11.2 Å². The van der Waals surface area contributed by atoms with Crippen molar-refractivity contribution < 1.29 is 9.18 Å². The quantitative estimate of drug-likeness (QED) is 0.656. The summed E-state index contributed by atoms with van der Waals surface area (Å²) in [6.07, 6.45) is 3.34. The number of pyridine rings is 1. The summed E-state index contributed by atoms with van der Waals surface area (Å²) in [6.45, 7) is 2.73. The Kier molecular flexibility index (Phi) is 5.39. The Morgan fingerprint density at radius 1 is 1.35 bits per heavy atom. The third kappa shape index (κ3) is 3.62. The van der Waals surface area contributed by atoms with Gasteiger partial charge in [0.2, 0.25) is 0 Å². The number of allylic oxidation sites excluding steroid dienone is 1. The molecule has 1 atom stereocenters. The van der Waals surface area contributed by atoms with Crippen molar-refractivity contribution in [3.63, 3.8) is 0 Å². The fraction of sp³-hybridized carbons (Fsp3) is 0.348. The van der Waals surface area contributed by atoms with Crippen LogP contribution in [0.1, 0.15) is 47.3 Å². The summed E-state index contributed by atoms with van der Waals surface area (Å²) in [7, 11) is 3.47. The number of carbonyl (C=O) groups excluding carboxylic acids is 1. The van der Waals surface area contributed by atoms with Crippen LogP contribution in [0.15, 0.2) is 36.2 Å². The Bertz CT molecular complexity index is 1100. The van der Waals surface area contributed by atoms with E-state index in [1.54, 1.807) is 26.4 Å². The van der Waals surface area contributed by atoms with Crippen LogP contribution >= 0.6 is 0 Å². The zero-order chi connectivity index (χ0) is 22.3. The Balaban J connectivity index is 1.99. The molecule has 0 spiro atoms. The summed E-state index contributed by atoms with van der Waals surface area (Å²) in [5.41, 5.74) is 10.6. The van der Waals surface area contributed by atoms with Crippen LogP contribution < -0.4 is 16.0 Å². The molecule has 3 heterocycles. The predicted octanol–water partition coefficient (Wildman–Crippen LogP) is 3.20. The minimum atomic E-state index is -0.379.